The third-order valence-electron chi connectivity index (χ3n) is 9.58. The van der Waals surface area contributed by atoms with Crippen molar-refractivity contribution in [2.24, 2.45) is 16.5 Å². The number of nitrogens with zero attached hydrogens (tertiary/aromatic N) is 1. The third kappa shape index (κ3) is 3.28. The Bertz CT molecular complexity index is 1130. The summed E-state index contributed by atoms with van der Waals surface area (Å²) in [6.45, 7) is 14.6. The molecular formula is C31H39NO3Si. The van der Waals surface area contributed by atoms with Gasteiger partial charge in [-0.2, -0.15) is 0 Å². The lowest BCUT2D eigenvalue weighted by Crippen LogP contribution is -2.67. The maximum Gasteiger partial charge on any atom is 0.261 e. The largest absolute Gasteiger partial charge is 0.405 e. The van der Waals surface area contributed by atoms with Crippen molar-refractivity contribution in [3.8, 4) is 0 Å². The van der Waals surface area contributed by atoms with Gasteiger partial charge in [0.1, 0.15) is 11.7 Å². The Morgan fingerprint density at radius 1 is 1.06 bits per heavy atom. The summed E-state index contributed by atoms with van der Waals surface area (Å²) in [4.78, 5) is 5.83. The van der Waals surface area contributed by atoms with Gasteiger partial charge in [0.25, 0.3) is 8.32 Å². The van der Waals surface area contributed by atoms with Gasteiger partial charge in [-0.1, -0.05) is 100 Å². The topological polar surface area (TPSA) is 40.0 Å². The van der Waals surface area contributed by atoms with E-state index in [4.69, 9.17) is 14.0 Å². The molecule has 6 rings (SSSR count). The van der Waals surface area contributed by atoms with Crippen LogP contribution in [0.2, 0.25) is 5.04 Å². The molecule has 0 bridgehead atoms. The summed E-state index contributed by atoms with van der Waals surface area (Å²) >= 11 is 0. The van der Waals surface area contributed by atoms with E-state index in [1.54, 1.807) is 0 Å². The van der Waals surface area contributed by atoms with Crippen LogP contribution in [0.25, 0.3) is 0 Å². The lowest BCUT2D eigenvalue weighted by Gasteiger charge is -2.47. The van der Waals surface area contributed by atoms with Crippen molar-refractivity contribution in [2.75, 3.05) is 6.61 Å². The van der Waals surface area contributed by atoms with Crippen molar-refractivity contribution in [3.63, 3.8) is 0 Å². The average Bonchev–Trinajstić information content (AvgIpc) is 3.50. The van der Waals surface area contributed by atoms with Gasteiger partial charge in [-0.25, -0.2) is 0 Å². The molecule has 0 aromatic heterocycles. The molecule has 2 heterocycles. The highest BCUT2D eigenvalue weighted by Gasteiger charge is 2.69. The molecule has 1 spiro atoms. The quantitative estimate of drug-likeness (QED) is 0.395. The maximum atomic E-state index is 7.25. The van der Waals surface area contributed by atoms with Gasteiger partial charge in [0.05, 0.1) is 18.4 Å². The van der Waals surface area contributed by atoms with Gasteiger partial charge in [-0.15, -0.1) is 0 Å². The van der Waals surface area contributed by atoms with Crippen LogP contribution in [0.1, 0.15) is 59.8 Å². The van der Waals surface area contributed by atoms with Crippen molar-refractivity contribution in [3.05, 3.63) is 72.8 Å². The Morgan fingerprint density at radius 2 is 1.69 bits per heavy atom. The van der Waals surface area contributed by atoms with Crippen molar-refractivity contribution in [1.82, 2.24) is 0 Å². The van der Waals surface area contributed by atoms with Crippen LogP contribution >= 0.6 is 0 Å². The Morgan fingerprint density at radius 3 is 2.31 bits per heavy atom. The van der Waals surface area contributed by atoms with Gasteiger partial charge >= 0.3 is 0 Å². The molecule has 1 saturated heterocycles. The normalized spacial score (nSPS) is 33.5. The molecule has 0 unspecified atom stereocenters. The first-order chi connectivity index (χ1) is 17.2. The molecule has 4 nitrogen and oxygen atoms in total. The highest BCUT2D eigenvalue weighted by atomic mass is 28.4. The predicted molar refractivity (Wildman–Crippen MR) is 147 cm³/mol. The number of hydrogen-bond acceptors (Lipinski definition) is 4. The van der Waals surface area contributed by atoms with E-state index in [1.807, 2.05) is 0 Å². The maximum absolute atomic E-state index is 7.25. The number of hydrogen-bond donors (Lipinski definition) is 0. The zero-order valence-electron chi connectivity index (χ0n) is 22.1. The van der Waals surface area contributed by atoms with Gasteiger partial charge in [0.2, 0.25) is 0 Å². The van der Waals surface area contributed by atoms with Crippen LogP contribution in [0.3, 0.4) is 0 Å². The summed E-state index contributed by atoms with van der Waals surface area (Å²) in [7, 11) is -2.61. The van der Waals surface area contributed by atoms with E-state index in [0.717, 1.165) is 32.1 Å². The second-order valence-corrected chi connectivity index (χ2v) is 16.8. The fraction of sp³-hybridized carbons (Fsp3) is 0.516. The van der Waals surface area contributed by atoms with Gasteiger partial charge in [-0.05, 0) is 46.7 Å². The molecule has 2 aromatic rings. The van der Waals surface area contributed by atoms with Crippen molar-refractivity contribution < 1.29 is 14.0 Å². The standard InChI is InChI=1S/C31H39NO3Si/c1-22-19-23(34-31(22)20-26-28-27(35-32-26)17-12-18-30(28,31)5)21-33-36(29(2,3)4,24-13-8-6-9-14-24)25-15-10-7-11-16-25/h6-11,13-16,23,27-28H,1,12,17-21H2,2-5H3/t23-,27+,28+,30-,31-/m0/s1. The van der Waals surface area contributed by atoms with Gasteiger partial charge in [-0.3, -0.25) is 0 Å². The van der Waals surface area contributed by atoms with Crippen molar-refractivity contribution in [2.45, 2.75) is 82.6 Å². The van der Waals surface area contributed by atoms with Crippen LogP contribution in [0.4, 0.5) is 0 Å². The first-order valence-electron chi connectivity index (χ1n) is 13.5. The molecular weight excluding hydrogens is 462 g/mol. The summed E-state index contributed by atoms with van der Waals surface area (Å²) in [5, 5.41) is 7.09. The summed E-state index contributed by atoms with van der Waals surface area (Å²) in [5.74, 6) is 0.361. The molecule has 5 heteroatoms. The van der Waals surface area contributed by atoms with Crippen molar-refractivity contribution in [1.29, 1.82) is 0 Å². The molecule has 36 heavy (non-hydrogen) atoms. The van der Waals surface area contributed by atoms with Crippen LogP contribution in [0.15, 0.2) is 78.0 Å². The molecule has 0 amide bonds. The van der Waals surface area contributed by atoms with E-state index in [9.17, 15) is 0 Å². The monoisotopic (exact) mass is 501 g/mol. The Hall–Kier alpha value is -2.21. The minimum Gasteiger partial charge on any atom is -0.405 e. The highest BCUT2D eigenvalue weighted by molar-refractivity contribution is 6.99. The molecule has 5 atom stereocenters. The zero-order valence-corrected chi connectivity index (χ0v) is 23.1. The number of oxime groups is 1. The highest BCUT2D eigenvalue weighted by Crippen LogP contribution is 2.65. The van der Waals surface area contributed by atoms with E-state index in [2.05, 4.69) is 100 Å². The molecule has 2 aromatic carbocycles. The zero-order chi connectivity index (χ0) is 25.2. The first kappa shape index (κ1) is 24.1. The molecule has 3 fully saturated rings. The van der Waals surface area contributed by atoms with E-state index in [0.29, 0.717) is 12.5 Å². The second-order valence-electron chi connectivity index (χ2n) is 12.5. The Balaban J connectivity index is 1.33. The fourth-order valence-electron chi connectivity index (χ4n) is 7.97. The summed E-state index contributed by atoms with van der Waals surface area (Å²) in [6, 6.07) is 21.7. The van der Waals surface area contributed by atoms with Crippen LogP contribution in [-0.2, 0) is 14.0 Å². The second kappa shape index (κ2) is 8.40. The van der Waals surface area contributed by atoms with Gasteiger partial charge < -0.3 is 14.0 Å². The summed E-state index contributed by atoms with van der Waals surface area (Å²) in [6.07, 6.45) is 5.26. The molecule has 0 N–H and O–H groups in total. The average molecular weight is 502 g/mol. The van der Waals surface area contributed by atoms with E-state index in [-0.39, 0.29) is 28.3 Å². The Labute approximate surface area is 216 Å². The smallest absolute Gasteiger partial charge is 0.261 e. The van der Waals surface area contributed by atoms with Crippen LogP contribution in [0, 0.1) is 11.3 Å². The predicted octanol–water partition coefficient (Wildman–Crippen LogP) is 5.61. The molecule has 4 aliphatic rings. The van der Waals surface area contributed by atoms with E-state index >= 15 is 0 Å². The molecule has 2 saturated carbocycles. The SMILES string of the molecule is C=C1C[C@@H](CO[Si](c2ccccc2)(c2ccccc2)C(C)(C)C)O[C@@]12CC1=NO[C@@H]3CCC[C@@]2(C)[C@H]13. The Kier molecular flexibility index (Phi) is 5.64. The van der Waals surface area contributed by atoms with Crippen LogP contribution in [-0.4, -0.2) is 38.4 Å². The summed E-state index contributed by atoms with van der Waals surface area (Å²) < 4.78 is 14.3. The molecule has 2 aliphatic heterocycles. The third-order valence-corrected chi connectivity index (χ3v) is 14.6. The lowest BCUT2D eigenvalue weighted by atomic mass is 9.61. The van der Waals surface area contributed by atoms with Gasteiger partial charge in [0.15, 0.2) is 0 Å². The fourth-order valence-corrected chi connectivity index (χ4v) is 12.6. The number of benzene rings is 2. The van der Waals surface area contributed by atoms with E-state index < -0.39 is 8.32 Å². The molecule has 0 radical (unpaired) electrons. The number of rotatable bonds is 5. The first-order valence-corrected chi connectivity index (χ1v) is 15.5. The van der Waals surface area contributed by atoms with Crippen LogP contribution in [0.5, 0.6) is 0 Å². The minimum absolute atomic E-state index is 0.00306. The number of fused-ring (bicyclic) bond motifs is 1. The van der Waals surface area contributed by atoms with Crippen LogP contribution < -0.4 is 10.4 Å². The molecule has 2 aliphatic carbocycles. The molecule has 190 valence electrons. The number of ether oxygens (including phenoxy) is 1. The van der Waals surface area contributed by atoms with Crippen molar-refractivity contribution >= 4 is 24.4 Å². The van der Waals surface area contributed by atoms with E-state index in [1.165, 1.54) is 21.7 Å². The lowest BCUT2D eigenvalue weighted by molar-refractivity contribution is -0.138. The van der Waals surface area contributed by atoms with Gasteiger partial charge in [0, 0.05) is 17.8 Å². The minimum atomic E-state index is -2.61. The summed E-state index contributed by atoms with van der Waals surface area (Å²) in [5.41, 5.74) is 2.06.